The average Bonchev–Trinajstić information content (AvgIpc) is 2.09. The van der Waals surface area contributed by atoms with Crippen molar-refractivity contribution in [1.82, 2.24) is 0 Å². The van der Waals surface area contributed by atoms with Crippen molar-refractivity contribution in [2.45, 2.75) is 13.3 Å². The maximum atomic E-state index is 10.1. The molecule has 14 heavy (non-hydrogen) atoms. The molecule has 3 heteroatoms. The van der Waals surface area contributed by atoms with Gasteiger partial charge < -0.3 is 5.11 Å². The van der Waals surface area contributed by atoms with E-state index in [2.05, 4.69) is 0 Å². The summed E-state index contributed by atoms with van der Waals surface area (Å²) >= 11 is 0. The van der Waals surface area contributed by atoms with Crippen LogP contribution in [0.4, 0.5) is 0 Å². The fraction of sp³-hybridized carbons (Fsp3) is 0.182. The van der Waals surface area contributed by atoms with Gasteiger partial charge in [-0.15, -0.1) is 0 Å². The van der Waals surface area contributed by atoms with E-state index in [1.807, 2.05) is 37.3 Å². The first kappa shape index (κ1) is 15.9. The second kappa shape index (κ2) is 12.4. The molecule has 0 aliphatic rings. The molecule has 0 saturated heterocycles. The Hall–Kier alpha value is -0.570. The molecule has 0 fully saturated rings. The first-order valence-electron chi connectivity index (χ1n) is 4.10. The van der Waals surface area contributed by atoms with E-state index in [0.717, 1.165) is 0 Å². The van der Waals surface area contributed by atoms with E-state index in [9.17, 15) is 4.79 Å². The van der Waals surface area contributed by atoms with E-state index in [4.69, 9.17) is 5.11 Å². The van der Waals surface area contributed by atoms with Crippen LogP contribution in [0, 0.1) is 0 Å². The molecule has 0 amide bonds. The van der Waals surface area contributed by atoms with Gasteiger partial charge in [-0.25, -0.2) is 0 Å². The summed E-state index contributed by atoms with van der Waals surface area (Å²) in [6.07, 6.45) is 14.7. The monoisotopic (exact) mass is 202 g/mol. The zero-order chi connectivity index (χ0) is 9.94. The quantitative estimate of drug-likeness (QED) is 0.547. The number of allylic oxidation sites excluding steroid dienone is 7. The summed E-state index contributed by atoms with van der Waals surface area (Å²) in [5, 5.41) is 8.29. The second-order valence-corrected chi connectivity index (χ2v) is 2.32. The average molecular weight is 202 g/mol. The third kappa shape index (κ3) is 14.0. The first-order chi connectivity index (χ1) is 6.27. The van der Waals surface area contributed by atoms with Crippen molar-refractivity contribution < 1.29 is 9.90 Å². The summed E-state index contributed by atoms with van der Waals surface area (Å²) in [7, 11) is 0. The van der Waals surface area contributed by atoms with Gasteiger partial charge in [-0.05, 0) is 6.92 Å². The molecule has 0 aliphatic heterocycles. The summed E-state index contributed by atoms with van der Waals surface area (Å²) in [4.78, 5) is 10.1. The van der Waals surface area contributed by atoms with Gasteiger partial charge in [0.15, 0.2) is 0 Å². The first-order valence-corrected chi connectivity index (χ1v) is 4.10. The van der Waals surface area contributed by atoms with E-state index in [1.165, 1.54) is 0 Å². The molecule has 0 radical (unpaired) electrons. The predicted molar refractivity (Wildman–Crippen MR) is 61.6 cm³/mol. The molecule has 2 nitrogen and oxygen atoms in total. The third-order valence-corrected chi connectivity index (χ3v) is 1.18. The third-order valence-electron chi connectivity index (χ3n) is 1.18. The molecule has 0 bridgehead atoms. The van der Waals surface area contributed by atoms with Crippen LogP contribution in [0.5, 0.6) is 0 Å². The van der Waals surface area contributed by atoms with Crippen molar-refractivity contribution in [3.05, 3.63) is 48.6 Å². The van der Waals surface area contributed by atoms with Crippen LogP contribution in [0.2, 0.25) is 0 Å². The van der Waals surface area contributed by atoms with Crippen molar-refractivity contribution in [2.75, 3.05) is 0 Å². The number of aliphatic carboxylic acids is 1. The van der Waals surface area contributed by atoms with Gasteiger partial charge in [-0.3, -0.25) is 4.79 Å². The number of carboxylic acids is 1. The summed E-state index contributed by atoms with van der Waals surface area (Å²) in [6.45, 7) is 1.95. The molecule has 0 aromatic heterocycles. The van der Waals surface area contributed by atoms with Crippen molar-refractivity contribution in [2.24, 2.45) is 0 Å². The van der Waals surface area contributed by atoms with Gasteiger partial charge in [0.2, 0.25) is 0 Å². The Bertz CT molecular complexity index is 250. The van der Waals surface area contributed by atoms with Gasteiger partial charge in [0, 0.05) is 0 Å². The van der Waals surface area contributed by atoms with Crippen LogP contribution in [0.3, 0.4) is 0 Å². The Morgan fingerprint density at radius 2 is 1.57 bits per heavy atom. The summed E-state index contributed by atoms with van der Waals surface area (Å²) in [5.41, 5.74) is 0. The summed E-state index contributed by atoms with van der Waals surface area (Å²) in [6, 6.07) is 0. The molecule has 1 N–H and O–H groups in total. The molecule has 0 unspecified atom stereocenters. The zero-order valence-corrected chi connectivity index (χ0v) is 7.68. The number of hydrogen-bond acceptors (Lipinski definition) is 1. The van der Waals surface area contributed by atoms with Crippen LogP contribution >= 0.6 is 0 Å². The number of rotatable bonds is 5. The van der Waals surface area contributed by atoms with E-state index in [1.54, 1.807) is 18.2 Å². The zero-order valence-electron chi connectivity index (χ0n) is 7.68. The molecule has 0 heterocycles. The molecular formula is C11H15NaO2. The van der Waals surface area contributed by atoms with Crippen LogP contribution < -0.4 is 0 Å². The Balaban J connectivity index is 0. The Morgan fingerprint density at radius 3 is 2.07 bits per heavy atom. The molecule has 0 spiro atoms. The molecule has 0 atom stereocenters. The molecule has 0 saturated carbocycles. The summed E-state index contributed by atoms with van der Waals surface area (Å²) in [5.74, 6) is -0.811. The van der Waals surface area contributed by atoms with Crippen LogP contribution in [0.25, 0.3) is 0 Å². The number of carboxylic acid groups (broad SMARTS) is 1. The van der Waals surface area contributed by atoms with Gasteiger partial charge in [-0.1, -0.05) is 48.6 Å². The molecule has 0 aromatic carbocycles. The van der Waals surface area contributed by atoms with Crippen LogP contribution in [-0.4, -0.2) is 40.6 Å². The van der Waals surface area contributed by atoms with Crippen LogP contribution in [-0.2, 0) is 4.79 Å². The van der Waals surface area contributed by atoms with Crippen molar-refractivity contribution >= 4 is 35.5 Å². The van der Waals surface area contributed by atoms with Gasteiger partial charge >= 0.3 is 35.5 Å². The Morgan fingerprint density at radius 1 is 1.07 bits per heavy atom. The van der Waals surface area contributed by atoms with Crippen LogP contribution in [0.15, 0.2) is 48.6 Å². The van der Waals surface area contributed by atoms with Gasteiger partial charge in [0.05, 0.1) is 6.42 Å². The Labute approximate surface area is 107 Å². The molecule has 0 aliphatic carbocycles. The minimum atomic E-state index is -0.811. The van der Waals surface area contributed by atoms with E-state index >= 15 is 0 Å². The molecule has 72 valence electrons. The maximum absolute atomic E-state index is 10.1. The Kier molecular flexibility index (Phi) is 14.1. The second-order valence-electron chi connectivity index (χ2n) is 2.32. The predicted octanol–water partition coefficient (Wildman–Crippen LogP) is 2.06. The van der Waals surface area contributed by atoms with E-state index in [0.29, 0.717) is 0 Å². The topological polar surface area (TPSA) is 37.3 Å². The van der Waals surface area contributed by atoms with Gasteiger partial charge in [-0.2, -0.15) is 0 Å². The van der Waals surface area contributed by atoms with Gasteiger partial charge in [0.1, 0.15) is 0 Å². The normalized spacial score (nSPS) is 11.8. The van der Waals surface area contributed by atoms with Crippen molar-refractivity contribution in [1.29, 1.82) is 0 Å². The van der Waals surface area contributed by atoms with Crippen molar-refractivity contribution in [3.63, 3.8) is 0 Å². The van der Waals surface area contributed by atoms with E-state index in [-0.39, 0.29) is 36.0 Å². The fourth-order valence-electron chi connectivity index (χ4n) is 0.615. The molecule has 0 aromatic rings. The molecular weight excluding hydrogens is 187 g/mol. The standard InChI is InChI=1S/C11H14O2.Na.H/c1-2-3-4-5-6-7-8-9-10-11(12)13;;/h2-9H,10H2,1H3,(H,12,13);;. The van der Waals surface area contributed by atoms with Crippen molar-refractivity contribution in [3.8, 4) is 0 Å². The SMILES string of the molecule is CC=CC=CC=CC=CCC(=O)O.[NaH]. The minimum absolute atomic E-state index is 0. The molecule has 0 rings (SSSR count). The van der Waals surface area contributed by atoms with Crippen LogP contribution in [0.1, 0.15) is 13.3 Å². The fourth-order valence-corrected chi connectivity index (χ4v) is 0.615. The van der Waals surface area contributed by atoms with E-state index < -0.39 is 5.97 Å². The number of hydrogen-bond donors (Lipinski definition) is 1. The number of carbonyl (C=O) groups is 1. The van der Waals surface area contributed by atoms with Gasteiger partial charge in [0.25, 0.3) is 0 Å². The summed E-state index contributed by atoms with van der Waals surface area (Å²) < 4.78 is 0.